The van der Waals surface area contributed by atoms with E-state index in [1.165, 1.54) is 40.0 Å². The minimum Gasteiger partial charge on any atom is -0.872 e. The molecule has 0 fully saturated rings. The van der Waals surface area contributed by atoms with E-state index in [4.69, 9.17) is 10.1 Å². The van der Waals surface area contributed by atoms with Gasteiger partial charge in [-0.2, -0.15) is 0 Å². The Bertz CT molecular complexity index is 1300. The van der Waals surface area contributed by atoms with Crippen LogP contribution in [-0.4, -0.2) is 24.2 Å². The quantitative estimate of drug-likeness (QED) is 0.0868. The van der Waals surface area contributed by atoms with Crippen LogP contribution in [0.3, 0.4) is 0 Å². The fourth-order valence-electron chi connectivity index (χ4n) is 3.93. The molecule has 1 atom stereocenters. The number of nitrogens with zero attached hydrogens (tertiary/aromatic N) is 3. The molecule has 0 saturated carbocycles. The molecular formula is C30H29N3NiO2PS+. The van der Waals surface area contributed by atoms with Gasteiger partial charge in [-0.25, -0.2) is 0 Å². The second-order valence-electron chi connectivity index (χ2n) is 8.00. The van der Waals surface area contributed by atoms with E-state index in [0.717, 1.165) is 5.56 Å². The fraction of sp³-hybridized carbons (Fsp3) is 0.133. The van der Waals surface area contributed by atoms with Gasteiger partial charge in [0.25, 0.3) is 0 Å². The average molecular weight is 585 g/mol. The van der Waals surface area contributed by atoms with Crippen molar-refractivity contribution in [3.8, 4) is 5.75 Å². The molecule has 0 N–H and O–H groups in total. The maximum absolute atomic E-state index is 12.0. The van der Waals surface area contributed by atoms with Gasteiger partial charge >= 0.3 is 16.5 Å². The molecule has 0 radical (unpaired) electrons. The van der Waals surface area contributed by atoms with E-state index >= 15 is 0 Å². The van der Waals surface area contributed by atoms with Crippen molar-refractivity contribution in [3.63, 3.8) is 0 Å². The van der Waals surface area contributed by atoms with Crippen LogP contribution in [0.25, 0.3) is 5.32 Å². The van der Waals surface area contributed by atoms with Crippen molar-refractivity contribution < 1.29 is 26.3 Å². The van der Waals surface area contributed by atoms with Crippen LogP contribution in [0.4, 0.5) is 0 Å². The van der Waals surface area contributed by atoms with Crippen LogP contribution in [0.1, 0.15) is 24.3 Å². The fourth-order valence-corrected chi connectivity index (χ4v) is 7.02. The molecule has 0 heterocycles. The summed E-state index contributed by atoms with van der Waals surface area (Å²) in [6, 6.07) is 36.3. The van der Waals surface area contributed by atoms with E-state index < -0.39 is 14.1 Å². The number of benzene rings is 4. The van der Waals surface area contributed by atoms with Gasteiger partial charge in [0.15, 0.2) is 0 Å². The Morgan fingerprint density at radius 3 is 2.08 bits per heavy atom. The molecule has 8 heteroatoms. The molecular weight excluding hydrogens is 556 g/mol. The summed E-state index contributed by atoms with van der Waals surface area (Å²) in [5.74, 6) is -0.0956. The summed E-state index contributed by atoms with van der Waals surface area (Å²) in [5.41, 5.74) is 1.50. The van der Waals surface area contributed by atoms with E-state index in [2.05, 4.69) is 76.9 Å². The summed E-state index contributed by atoms with van der Waals surface area (Å²) in [6.45, 7) is 2.46. The zero-order valence-corrected chi connectivity index (χ0v) is 23.9. The van der Waals surface area contributed by atoms with Crippen LogP contribution in [0, 0.1) is 0 Å². The largest absolute Gasteiger partial charge is 2.00 e. The van der Waals surface area contributed by atoms with Gasteiger partial charge in [-0.3, -0.25) is 5.10 Å². The predicted molar refractivity (Wildman–Crippen MR) is 159 cm³/mol. The third kappa shape index (κ3) is 7.78. The summed E-state index contributed by atoms with van der Waals surface area (Å²) < 4.78 is 6.16. The van der Waals surface area contributed by atoms with E-state index in [1.54, 1.807) is 18.2 Å². The molecule has 0 saturated heterocycles. The van der Waals surface area contributed by atoms with Gasteiger partial charge in [0.1, 0.15) is 15.9 Å². The van der Waals surface area contributed by atoms with Gasteiger partial charge in [-0.15, -0.1) is 17.5 Å². The zero-order chi connectivity index (χ0) is 25.9. The minimum atomic E-state index is -1.32. The number of rotatable bonds is 9. The van der Waals surface area contributed by atoms with E-state index in [9.17, 15) is 5.11 Å². The first-order valence-electron chi connectivity index (χ1n) is 12.0. The van der Waals surface area contributed by atoms with Gasteiger partial charge in [0, 0.05) is 18.4 Å². The minimum absolute atomic E-state index is 0. The van der Waals surface area contributed by atoms with Crippen LogP contribution >= 0.6 is 19.7 Å². The standard InChI is InChI=1S/C30H29N3O2PS.Ni/c1-3-35-29(32-30(37-2)33-31-22-23-14-10-12-20-27(23)34)26-19-11-13-21-28(26)36(24-15-6-4-7-16-24)25-17-8-5-9-18-25;/h4-22,29H,3H2,1-2H3,(H-,31,32,33,34);/q-1;+2/t29-;/m0./s1. The topological polar surface area (TPSA) is 71.1 Å². The summed E-state index contributed by atoms with van der Waals surface area (Å²) in [4.78, 5) is 0. The zero-order valence-electron chi connectivity index (χ0n) is 21.1. The number of thioether (sulfide) groups is 1. The van der Waals surface area contributed by atoms with Gasteiger partial charge in [-0.05, 0) is 54.2 Å². The van der Waals surface area contributed by atoms with Crippen molar-refractivity contribution in [2.75, 3.05) is 12.9 Å². The van der Waals surface area contributed by atoms with E-state index in [1.807, 2.05) is 31.4 Å². The first-order valence-corrected chi connectivity index (χ1v) is 14.7. The average Bonchev–Trinajstić information content (AvgIpc) is 2.95. The molecule has 0 bridgehead atoms. The summed E-state index contributed by atoms with van der Waals surface area (Å²) in [7, 11) is -1.32. The molecule has 4 aromatic carbocycles. The molecule has 38 heavy (non-hydrogen) atoms. The second kappa shape index (κ2) is 15.5. The monoisotopic (exact) mass is 584 g/mol. The molecule has 0 amide bonds. The van der Waals surface area contributed by atoms with Crippen molar-refractivity contribution in [3.05, 3.63) is 126 Å². The smallest absolute Gasteiger partial charge is 0.872 e. The maximum Gasteiger partial charge on any atom is 2.00 e. The Labute approximate surface area is 240 Å². The Kier molecular flexibility index (Phi) is 12.0. The normalized spacial score (nSPS) is 12.3. The predicted octanol–water partition coefficient (Wildman–Crippen LogP) is 5.41. The van der Waals surface area contributed by atoms with Crippen LogP contribution in [0.2, 0.25) is 0 Å². The molecule has 0 aliphatic rings. The van der Waals surface area contributed by atoms with Crippen molar-refractivity contribution >= 4 is 47.0 Å². The molecule has 4 rings (SSSR count). The molecule has 5 nitrogen and oxygen atoms in total. The first-order chi connectivity index (χ1) is 18.2. The van der Waals surface area contributed by atoms with Gasteiger partial charge < -0.3 is 20.3 Å². The number of hydrogen-bond acceptors (Lipinski definition) is 5. The van der Waals surface area contributed by atoms with E-state index in [-0.39, 0.29) is 22.2 Å². The molecule has 0 unspecified atom stereocenters. The van der Waals surface area contributed by atoms with Crippen LogP contribution in [-0.2, 0) is 21.2 Å². The number of amidine groups is 1. The SMILES string of the molecule is CCO[C@H]([N-]/C(=N\N=C\c1ccccc1[O-])SC)c1ccccc1[PH+](c1ccccc1)c1ccccc1.[Ni+2]. The van der Waals surface area contributed by atoms with Crippen molar-refractivity contribution in [2.24, 2.45) is 10.2 Å². The molecule has 4 aromatic rings. The number of hydrogen-bond donors (Lipinski definition) is 0. The van der Waals surface area contributed by atoms with Crippen LogP contribution < -0.4 is 21.0 Å². The molecule has 0 aliphatic carbocycles. The molecule has 0 aromatic heterocycles. The Balaban J connectivity index is 0.00000400. The Hall–Kier alpha value is -2.95. The number of ether oxygens (including phenoxy) is 1. The first kappa shape index (κ1) is 29.6. The second-order valence-corrected chi connectivity index (χ2v) is 11.2. The molecule has 0 aliphatic heterocycles. The summed E-state index contributed by atoms with van der Waals surface area (Å²) >= 11 is 1.38. The molecule has 196 valence electrons. The van der Waals surface area contributed by atoms with Crippen molar-refractivity contribution in [1.82, 2.24) is 0 Å². The Morgan fingerprint density at radius 2 is 1.47 bits per heavy atom. The van der Waals surface area contributed by atoms with Gasteiger partial charge in [-0.1, -0.05) is 78.9 Å². The summed E-state index contributed by atoms with van der Waals surface area (Å²) in [5, 5.41) is 29.5. The van der Waals surface area contributed by atoms with E-state index in [0.29, 0.717) is 17.3 Å². The maximum atomic E-state index is 12.0. The van der Waals surface area contributed by atoms with Crippen LogP contribution in [0.5, 0.6) is 5.75 Å². The molecule has 0 spiro atoms. The van der Waals surface area contributed by atoms with Crippen molar-refractivity contribution in [2.45, 2.75) is 13.2 Å². The van der Waals surface area contributed by atoms with Crippen molar-refractivity contribution in [1.29, 1.82) is 0 Å². The van der Waals surface area contributed by atoms with Gasteiger partial charge in [0.05, 0.1) is 14.1 Å². The summed E-state index contributed by atoms with van der Waals surface area (Å²) in [6.07, 6.45) is 2.82. The third-order valence-corrected chi connectivity index (χ3v) is 8.98. The third-order valence-electron chi connectivity index (χ3n) is 5.62. The Morgan fingerprint density at radius 1 is 0.895 bits per heavy atom. The number of para-hydroxylation sites is 1. The van der Waals surface area contributed by atoms with Gasteiger partial charge in [0.2, 0.25) is 0 Å². The van der Waals surface area contributed by atoms with Crippen LogP contribution in [0.15, 0.2) is 119 Å².